The topological polar surface area (TPSA) is 42.1 Å². The normalized spacial score (nSPS) is 12.9. The molecule has 15 heavy (non-hydrogen) atoms. The predicted molar refractivity (Wildman–Crippen MR) is 64.9 cm³/mol. The lowest BCUT2D eigenvalue weighted by molar-refractivity contribution is 0.634. The van der Waals surface area contributed by atoms with Crippen molar-refractivity contribution in [3.63, 3.8) is 0 Å². The Balaban J connectivity index is 2.71. The summed E-state index contributed by atoms with van der Waals surface area (Å²) in [4.78, 5) is 6.56. The summed E-state index contributed by atoms with van der Waals surface area (Å²) in [6.07, 6.45) is 1.86. The number of hydrogen-bond donors (Lipinski definition) is 1. The summed E-state index contributed by atoms with van der Waals surface area (Å²) >= 11 is 0. The molecule has 0 bridgehead atoms. The average molecular weight is 207 g/mol. The number of aromatic nitrogens is 1. The highest BCUT2D eigenvalue weighted by Crippen LogP contribution is 2.14. The third kappa shape index (κ3) is 3.51. The lowest BCUT2D eigenvalue weighted by Gasteiger charge is -2.20. The molecule has 3 heteroatoms. The molecule has 0 aromatic carbocycles. The van der Waals surface area contributed by atoms with Gasteiger partial charge in [-0.15, -0.1) is 0 Å². The highest BCUT2D eigenvalue weighted by atomic mass is 15.2. The van der Waals surface area contributed by atoms with Crippen molar-refractivity contribution in [2.24, 2.45) is 11.7 Å². The zero-order valence-electron chi connectivity index (χ0n) is 10.1. The first-order chi connectivity index (χ1) is 7.00. The third-order valence-electron chi connectivity index (χ3n) is 2.33. The maximum Gasteiger partial charge on any atom is 0.128 e. The molecule has 0 saturated carbocycles. The van der Waals surface area contributed by atoms with Gasteiger partial charge in [-0.3, -0.25) is 0 Å². The fraction of sp³-hybridized carbons (Fsp3) is 0.583. The van der Waals surface area contributed by atoms with Gasteiger partial charge >= 0.3 is 0 Å². The van der Waals surface area contributed by atoms with Gasteiger partial charge in [0.1, 0.15) is 5.82 Å². The summed E-state index contributed by atoms with van der Waals surface area (Å²) in [5.41, 5.74) is 6.85. The van der Waals surface area contributed by atoms with Crippen LogP contribution in [-0.2, 0) is 0 Å². The van der Waals surface area contributed by atoms with Crippen molar-refractivity contribution in [2.45, 2.75) is 26.8 Å². The fourth-order valence-electron chi connectivity index (χ4n) is 1.53. The van der Waals surface area contributed by atoms with E-state index in [1.54, 1.807) is 0 Å². The maximum atomic E-state index is 5.77. The molecule has 0 saturated heterocycles. The predicted octanol–water partition coefficient (Wildman–Crippen LogP) is 2.19. The monoisotopic (exact) mass is 207 g/mol. The van der Waals surface area contributed by atoms with Crippen LogP contribution in [0.2, 0.25) is 0 Å². The molecule has 1 aromatic rings. The Kier molecular flexibility index (Phi) is 4.09. The number of nitrogens with two attached hydrogens (primary N) is 1. The van der Waals surface area contributed by atoms with Crippen LogP contribution in [0.25, 0.3) is 0 Å². The number of pyridine rings is 1. The van der Waals surface area contributed by atoms with Crippen LogP contribution in [0.3, 0.4) is 0 Å². The lowest BCUT2D eigenvalue weighted by Crippen LogP contribution is -2.23. The van der Waals surface area contributed by atoms with E-state index in [2.05, 4.69) is 30.8 Å². The summed E-state index contributed by atoms with van der Waals surface area (Å²) in [6.45, 7) is 7.39. The molecular weight excluding hydrogens is 186 g/mol. The van der Waals surface area contributed by atoms with E-state index >= 15 is 0 Å². The van der Waals surface area contributed by atoms with Crippen LogP contribution in [0.1, 0.15) is 32.4 Å². The van der Waals surface area contributed by atoms with Gasteiger partial charge in [0.25, 0.3) is 0 Å². The van der Waals surface area contributed by atoms with Crippen molar-refractivity contribution in [1.29, 1.82) is 0 Å². The first-order valence-corrected chi connectivity index (χ1v) is 5.43. The maximum absolute atomic E-state index is 5.77. The van der Waals surface area contributed by atoms with Crippen LogP contribution in [0, 0.1) is 5.92 Å². The highest BCUT2D eigenvalue weighted by Gasteiger charge is 2.05. The Morgan fingerprint density at radius 3 is 2.40 bits per heavy atom. The summed E-state index contributed by atoms with van der Waals surface area (Å²) in [7, 11) is 2.06. The minimum absolute atomic E-state index is 0.0574. The van der Waals surface area contributed by atoms with Gasteiger partial charge < -0.3 is 10.6 Å². The number of rotatable bonds is 4. The van der Waals surface area contributed by atoms with Crippen molar-refractivity contribution in [3.05, 3.63) is 23.9 Å². The Labute approximate surface area is 92.3 Å². The van der Waals surface area contributed by atoms with Crippen molar-refractivity contribution >= 4 is 5.82 Å². The summed E-state index contributed by atoms with van der Waals surface area (Å²) in [5.74, 6) is 1.65. The molecule has 0 unspecified atom stereocenters. The van der Waals surface area contributed by atoms with E-state index < -0.39 is 0 Å². The van der Waals surface area contributed by atoms with E-state index in [0.29, 0.717) is 5.92 Å². The summed E-state index contributed by atoms with van der Waals surface area (Å²) in [5, 5.41) is 0. The molecule has 0 aliphatic carbocycles. The number of hydrogen-bond acceptors (Lipinski definition) is 3. The lowest BCUT2D eigenvalue weighted by atomic mass is 10.1. The minimum atomic E-state index is 0.0574. The van der Waals surface area contributed by atoms with Gasteiger partial charge in [0, 0.05) is 25.8 Å². The van der Waals surface area contributed by atoms with Gasteiger partial charge in [0.2, 0.25) is 0 Å². The molecule has 1 heterocycles. The van der Waals surface area contributed by atoms with Crippen LogP contribution in [0.4, 0.5) is 5.82 Å². The summed E-state index contributed by atoms with van der Waals surface area (Å²) in [6, 6.07) is 4.13. The Morgan fingerprint density at radius 1 is 1.33 bits per heavy atom. The molecule has 84 valence electrons. The van der Waals surface area contributed by atoms with E-state index in [0.717, 1.165) is 17.9 Å². The van der Waals surface area contributed by atoms with Crippen molar-refractivity contribution in [3.8, 4) is 0 Å². The zero-order chi connectivity index (χ0) is 11.4. The first kappa shape index (κ1) is 12.0. The Hall–Kier alpha value is -1.09. The van der Waals surface area contributed by atoms with Crippen LogP contribution in [0.5, 0.6) is 0 Å². The summed E-state index contributed by atoms with van der Waals surface area (Å²) < 4.78 is 0. The molecule has 0 fully saturated rings. The van der Waals surface area contributed by atoms with E-state index in [1.165, 1.54) is 0 Å². The van der Waals surface area contributed by atoms with Crippen molar-refractivity contribution in [1.82, 2.24) is 4.98 Å². The molecule has 0 spiro atoms. The Bertz CT molecular complexity index is 290. The van der Waals surface area contributed by atoms with Gasteiger partial charge in [-0.1, -0.05) is 19.9 Å². The van der Waals surface area contributed by atoms with Crippen LogP contribution < -0.4 is 10.6 Å². The molecular formula is C12H21N3. The quantitative estimate of drug-likeness (QED) is 0.823. The zero-order valence-corrected chi connectivity index (χ0v) is 10.1. The molecule has 0 aliphatic rings. The second kappa shape index (κ2) is 5.12. The standard InChI is InChI=1S/C12H21N3/c1-9(2)8-15(4)12-6-5-11(7-14-12)10(3)13/h5-7,9-10H,8,13H2,1-4H3/t10-/m0/s1. The molecule has 1 atom stereocenters. The van der Waals surface area contributed by atoms with Crippen LogP contribution in [0.15, 0.2) is 18.3 Å². The second-order valence-corrected chi connectivity index (χ2v) is 4.51. The van der Waals surface area contributed by atoms with E-state index in [-0.39, 0.29) is 6.04 Å². The van der Waals surface area contributed by atoms with Gasteiger partial charge in [-0.25, -0.2) is 4.98 Å². The van der Waals surface area contributed by atoms with E-state index in [4.69, 9.17) is 5.73 Å². The van der Waals surface area contributed by atoms with Gasteiger partial charge in [-0.2, -0.15) is 0 Å². The van der Waals surface area contributed by atoms with Crippen molar-refractivity contribution in [2.75, 3.05) is 18.5 Å². The average Bonchev–Trinajstić information content (AvgIpc) is 2.17. The van der Waals surface area contributed by atoms with Crippen LogP contribution >= 0.6 is 0 Å². The molecule has 1 aromatic heterocycles. The molecule has 0 aliphatic heterocycles. The van der Waals surface area contributed by atoms with Gasteiger partial charge in [0.05, 0.1) is 0 Å². The molecule has 2 N–H and O–H groups in total. The molecule has 1 rings (SSSR count). The smallest absolute Gasteiger partial charge is 0.128 e. The van der Waals surface area contributed by atoms with E-state index in [1.807, 2.05) is 25.3 Å². The van der Waals surface area contributed by atoms with Crippen molar-refractivity contribution < 1.29 is 0 Å². The Morgan fingerprint density at radius 2 is 2.00 bits per heavy atom. The molecule has 3 nitrogen and oxygen atoms in total. The molecule has 0 radical (unpaired) electrons. The largest absolute Gasteiger partial charge is 0.359 e. The number of nitrogens with zero attached hydrogens (tertiary/aromatic N) is 2. The second-order valence-electron chi connectivity index (χ2n) is 4.51. The minimum Gasteiger partial charge on any atom is -0.359 e. The first-order valence-electron chi connectivity index (χ1n) is 5.43. The fourth-order valence-corrected chi connectivity index (χ4v) is 1.53. The SMILES string of the molecule is CC(C)CN(C)c1ccc([C@H](C)N)cn1. The van der Waals surface area contributed by atoms with Gasteiger partial charge in [-0.05, 0) is 24.5 Å². The van der Waals surface area contributed by atoms with Crippen LogP contribution in [-0.4, -0.2) is 18.6 Å². The highest BCUT2D eigenvalue weighted by molar-refractivity contribution is 5.38. The number of anilines is 1. The third-order valence-corrected chi connectivity index (χ3v) is 2.33. The van der Waals surface area contributed by atoms with E-state index in [9.17, 15) is 0 Å². The molecule has 0 amide bonds. The van der Waals surface area contributed by atoms with Gasteiger partial charge in [0.15, 0.2) is 0 Å².